The van der Waals surface area contributed by atoms with Crippen LogP contribution >= 0.6 is 0 Å². The van der Waals surface area contributed by atoms with Gasteiger partial charge in [0.1, 0.15) is 5.71 Å². The van der Waals surface area contributed by atoms with Gasteiger partial charge in [0.05, 0.1) is 12.1 Å². The maximum atomic E-state index is 12.3. The van der Waals surface area contributed by atoms with Crippen LogP contribution in [0.4, 0.5) is 20.2 Å². The number of nitrogens with two attached hydrogens (primary N) is 1. The second-order valence-electron chi connectivity index (χ2n) is 3.37. The highest BCUT2D eigenvalue weighted by molar-refractivity contribution is 6.14. The molecule has 84 valence electrons. The number of benzene rings is 1. The van der Waals surface area contributed by atoms with Gasteiger partial charge in [-0.1, -0.05) is 6.07 Å². The fourth-order valence-electron chi connectivity index (χ4n) is 1.43. The molecule has 1 aromatic carbocycles. The lowest BCUT2D eigenvalue weighted by molar-refractivity contribution is -0.117. The Hall–Kier alpha value is -1.98. The molecule has 0 atom stereocenters. The summed E-state index contributed by atoms with van der Waals surface area (Å²) in [6.45, 7) is 0. The minimum Gasteiger partial charge on any atom is -0.399 e. The molecular weight excluding hydrogens is 216 g/mol. The molecule has 1 aliphatic heterocycles. The van der Waals surface area contributed by atoms with Crippen LogP contribution in [0.2, 0.25) is 0 Å². The lowest BCUT2D eigenvalue weighted by Crippen LogP contribution is -2.19. The fraction of sp³-hybridized carbons (Fsp3) is 0.200. The molecule has 0 aliphatic carbocycles. The predicted molar refractivity (Wildman–Crippen MR) is 56.4 cm³/mol. The molecule has 2 rings (SSSR count). The molecule has 1 aromatic rings. The van der Waals surface area contributed by atoms with E-state index in [2.05, 4.69) is 5.10 Å². The van der Waals surface area contributed by atoms with E-state index in [0.29, 0.717) is 11.4 Å². The molecule has 0 unspecified atom stereocenters. The maximum Gasteiger partial charge on any atom is 0.278 e. The van der Waals surface area contributed by atoms with E-state index in [-0.39, 0.29) is 6.42 Å². The average Bonchev–Trinajstić information content (AvgIpc) is 2.60. The number of anilines is 2. The molecule has 1 heterocycles. The van der Waals surface area contributed by atoms with Crippen molar-refractivity contribution >= 4 is 23.0 Å². The van der Waals surface area contributed by atoms with Crippen LogP contribution in [0.5, 0.6) is 0 Å². The third kappa shape index (κ3) is 1.86. The second-order valence-corrected chi connectivity index (χ2v) is 3.37. The quantitative estimate of drug-likeness (QED) is 0.777. The summed E-state index contributed by atoms with van der Waals surface area (Å²) in [6.07, 6.45) is -3.04. The highest BCUT2D eigenvalue weighted by Gasteiger charge is 2.30. The Labute approximate surface area is 90.3 Å². The van der Waals surface area contributed by atoms with Crippen LogP contribution in [0.1, 0.15) is 6.42 Å². The zero-order valence-corrected chi connectivity index (χ0v) is 8.23. The first-order chi connectivity index (χ1) is 7.58. The molecule has 16 heavy (non-hydrogen) atoms. The molecule has 0 radical (unpaired) electrons. The van der Waals surface area contributed by atoms with Gasteiger partial charge in [0, 0.05) is 5.69 Å². The van der Waals surface area contributed by atoms with E-state index in [1.54, 1.807) is 18.2 Å². The highest BCUT2D eigenvalue weighted by atomic mass is 19.3. The largest absolute Gasteiger partial charge is 0.399 e. The maximum absolute atomic E-state index is 12.3. The lowest BCUT2D eigenvalue weighted by Gasteiger charge is -2.11. The molecule has 0 bridgehead atoms. The number of nitrogens with zero attached hydrogens (tertiary/aromatic N) is 2. The van der Waals surface area contributed by atoms with E-state index in [1.165, 1.54) is 6.07 Å². The lowest BCUT2D eigenvalue weighted by atomic mass is 10.2. The summed E-state index contributed by atoms with van der Waals surface area (Å²) in [5, 5.41) is 4.53. The van der Waals surface area contributed by atoms with Crippen LogP contribution in [-0.4, -0.2) is 18.0 Å². The molecule has 1 aliphatic rings. The number of hydrogen-bond donors (Lipinski definition) is 1. The standard InChI is InChI=1S/C10H9F2N3O/c11-10(12)8-5-9(16)15(14-8)7-3-1-2-6(13)4-7/h1-4,10H,5,13H2. The first-order valence-corrected chi connectivity index (χ1v) is 4.62. The number of hydrazone groups is 1. The Morgan fingerprint density at radius 2 is 2.19 bits per heavy atom. The Kier molecular flexibility index (Phi) is 2.55. The molecule has 6 heteroatoms. The van der Waals surface area contributed by atoms with E-state index in [1.807, 2.05) is 0 Å². The van der Waals surface area contributed by atoms with Crippen molar-refractivity contribution in [3.8, 4) is 0 Å². The molecule has 0 saturated carbocycles. The summed E-state index contributed by atoms with van der Waals surface area (Å²) in [7, 11) is 0. The van der Waals surface area contributed by atoms with Crippen LogP contribution in [0.15, 0.2) is 29.4 Å². The number of halogens is 2. The molecule has 2 N–H and O–H groups in total. The summed E-state index contributed by atoms with van der Waals surface area (Å²) in [5.41, 5.74) is 5.98. The first-order valence-electron chi connectivity index (χ1n) is 4.62. The summed E-state index contributed by atoms with van der Waals surface area (Å²) in [5.74, 6) is -0.471. The van der Waals surface area contributed by atoms with Gasteiger partial charge in [-0.05, 0) is 18.2 Å². The van der Waals surface area contributed by atoms with Crippen molar-refractivity contribution in [2.24, 2.45) is 5.10 Å². The van der Waals surface area contributed by atoms with Crippen molar-refractivity contribution in [1.82, 2.24) is 0 Å². The van der Waals surface area contributed by atoms with Crippen LogP contribution in [-0.2, 0) is 4.79 Å². The number of carbonyl (C=O) groups excluding carboxylic acids is 1. The molecule has 0 spiro atoms. The van der Waals surface area contributed by atoms with Gasteiger partial charge >= 0.3 is 0 Å². The third-order valence-electron chi connectivity index (χ3n) is 2.16. The average molecular weight is 225 g/mol. The number of nitrogen functional groups attached to an aromatic ring is 1. The normalized spacial score (nSPS) is 15.8. The molecule has 4 nitrogen and oxygen atoms in total. The van der Waals surface area contributed by atoms with Crippen LogP contribution in [0, 0.1) is 0 Å². The van der Waals surface area contributed by atoms with E-state index in [4.69, 9.17) is 5.73 Å². The van der Waals surface area contributed by atoms with Gasteiger partial charge in [0.25, 0.3) is 12.3 Å². The summed E-state index contributed by atoms with van der Waals surface area (Å²) >= 11 is 0. The Morgan fingerprint density at radius 3 is 2.75 bits per heavy atom. The van der Waals surface area contributed by atoms with Crippen molar-refractivity contribution in [2.45, 2.75) is 12.8 Å². The van der Waals surface area contributed by atoms with Crippen molar-refractivity contribution < 1.29 is 13.6 Å². The van der Waals surface area contributed by atoms with E-state index < -0.39 is 18.0 Å². The zero-order chi connectivity index (χ0) is 11.7. The van der Waals surface area contributed by atoms with Crippen LogP contribution < -0.4 is 10.7 Å². The number of carbonyl (C=O) groups is 1. The van der Waals surface area contributed by atoms with E-state index >= 15 is 0 Å². The molecule has 0 aromatic heterocycles. The van der Waals surface area contributed by atoms with Gasteiger partial charge in [-0.15, -0.1) is 0 Å². The minimum atomic E-state index is -2.70. The van der Waals surface area contributed by atoms with Gasteiger partial charge in [0.15, 0.2) is 0 Å². The summed E-state index contributed by atoms with van der Waals surface area (Å²) < 4.78 is 24.7. The number of rotatable bonds is 2. The molecule has 0 saturated heterocycles. The SMILES string of the molecule is Nc1cccc(N2N=C(C(F)F)CC2=O)c1. The monoisotopic (exact) mass is 225 g/mol. The Bertz CT molecular complexity index is 459. The smallest absolute Gasteiger partial charge is 0.278 e. The summed E-state index contributed by atoms with van der Waals surface area (Å²) in [6, 6.07) is 6.37. The van der Waals surface area contributed by atoms with Crippen molar-refractivity contribution in [3.05, 3.63) is 24.3 Å². The molecule has 1 amide bonds. The van der Waals surface area contributed by atoms with E-state index in [0.717, 1.165) is 5.01 Å². The molecule has 0 fully saturated rings. The van der Waals surface area contributed by atoms with Crippen molar-refractivity contribution in [2.75, 3.05) is 10.7 Å². The predicted octanol–water partition coefficient (Wildman–Crippen LogP) is 1.63. The zero-order valence-electron chi connectivity index (χ0n) is 8.23. The summed E-state index contributed by atoms with van der Waals surface area (Å²) in [4.78, 5) is 11.4. The van der Waals surface area contributed by atoms with Crippen LogP contribution in [0.3, 0.4) is 0 Å². The minimum absolute atomic E-state index is 0.341. The van der Waals surface area contributed by atoms with Crippen LogP contribution in [0.25, 0.3) is 0 Å². The van der Waals surface area contributed by atoms with Crippen molar-refractivity contribution in [3.63, 3.8) is 0 Å². The van der Waals surface area contributed by atoms with Gasteiger partial charge in [-0.25, -0.2) is 13.8 Å². The fourth-order valence-corrected chi connectivity index (χ4v) is 1.43. The molecular formula is C10H9F2N3O. The third-order valence-corrected chi connectivity index (χ3v) is 2.16. The van der Waals surface area contributed by atoms with Gasteiger partial charge in [-0.3, -0.25) is 4.79 Å². The van der Waals surface area contributed by atoms with Gasteiger partial charge < -0.3 is 5.73 Å². The Morgan fingerprint density at radius 1 is 1.44 bits per heavy atom. The topological polar surface area (TPSA) is 58.7 Å². The number of amides is 1. The van der Waals surface area contributed by atoms with Gasteiger partial charge in [0.2, 0.25) is 0 Å². The first kappa shape index (κ1) is 10.5. The number of hydrogen-bond acceptors (Lipinski definition) is 3. The number of alkyl halides is 2. The van der Waals surface area contributed by atoms with Crippen molar-refractivity contribution in [1.29, 1.82) is 0 Å². The van der Waals surface area contributed by atoms with Gasteiger partial charge in [-0.2, -0.15) is 5.10 Å². The second kappa shape index (κ2) is 3.88. The van der Waals surface area contributed by atoms with E-state index in [9.17, 15) is 13.6 Å². The highest BCUT2D eigenvalue weighted by Crippen LogP contribution is 2.23. The Balaban J connectivity index is 2.31.